The number of hydrogen-bond donors (Lipinski definition) is 2. The number of thiocarbonyl (C=S) groups is 1. The van der Waals surface area contributed by atoms with Crippen molar-refractivity contribution in [1.82, 2.24) is 10.2 Å². The summed E-state index contributed by atoms with van der Waals surface area (Å²) < 4.78 is 5.36. The molecule has 0 fully saturated rings. The average Bonchev–Trinajstić information content (AvgIpc) is 2.45. The maximum Gasteiger partial charge on any atom is 0.210 e. The molecule has 0 saturated carbocycles. The van der Waals surface area contributed by atoms with Crippen molar-refractivity contribution >= 4 is 28.9 Å². The monoisotopic (exact) mass is 323 g/mol. The van der Waals surface area contributed by atoms with Gasteiger partial charge >= 0.3 is 0 Å². The first-order valence-electron chi connectivity index (χ1n) is 6.56. The molecule has 6 heteroatoms. The molecule has 0 aromatic heterocycles. The lowest BCUT2D eigenvalue weighted by atomic mass is 10.1. The molecule has 112 valence electrons. The Balaban J connectivity index is 2.09. The smallest absolute Gasteiger partial charge is 0.210 e. The molecule has 0 aliphatic carbocycles. The maximum absolute atomic E-state index is 6.55. The van der Waals surface area contributed by atoms with Gasteiger partial charge in [0.2, 0.25) is 5.12 Å². The second-order valence-electron chi connectivity index (χ2n) is 4.62. The minimum absolute atomic E-state index is 0.159. The molecule has 0 amide bonds. The Labute approximate surface area is 135 Å². The van der Waals surface area contributed by atoms with Crippen molar-refractivity contribution in [1.29, 1.82) is 0 Å². The molecule has 0 saturated heterocycles. The summed E-state index contributed by atoms with van der Waals surface area (Å²) in [6.45, 7) is 0.695. The number of benzene rings is 1. The molecule has 21 heavy (non-hydrogen) atoms. The van der Waals surface area contributed by atoms with Crippen LogP contribution in [0, 0.1) is 0 Å². The Morgan fingerprint density at radius 1 is 1.43 bits per heavy atom. The Bertz CT molecular complexity index is 576. The third-order valence-electron chi connectivity index (χ3n) is 3.23. The van der Waals surface area contributed by atoms with E-state index >= 15 is 0 Å². The molecule has 0 spiro atoms. The number of rotatable bonds is 5. The van der Waals surface area contributed by atoms with Crippen LogP contribution in [0.5, 0.6) is 5.75 Å². The van der Waals surface area contributed by atoms with Crippen LogP contribution in [0.4, 0.5) is 0 Å². The first-order valence-corrected chi connectivity index (χ1v) is 7.35. The number of hydrogen-bond acceptors (Lipinski definition) is 3. The van der Waals surface area contributed by atoms with Gasteiger partial charge in [0.05, 0.1) is 7.11 Å². The Morgan fingerprint density at radius 2 is 2.19 bits per heavy atom. The van der Waals surface area contributed by atoms with Gasteiger partial charge < -0.3 is 20.7 Å². The van der Waals surface area contributed by atoms with Gasteiger partial charge in [-0.05, 0) is 42.4 Å². The summed E-state index contributed by atoms with van der Waals surface area (Å²) in [5.74, 6) is 0.872. The quantitative estimate of drug-likeness (QED) is 0.495. The molecule has 1 aromatic rings. The van der Waals surface area contributed by atoms with Crippen molar-refractivity contribution < 1.29 is 4.74 Å². The second kappa shape index (κ2) is 6.83. The van der Waals surface area contributed by atoms with Crippen LogP contribution in [0.2, 0.25) is 0 Å². The molecule has 1 aliphatic rings. The normalized spacial score (nSPS) is 20.4. The molecular formula is C15H18ClN3OS. The van der Waals surface area contributed by atoms with E-state index in [1.807, 2.05) is 53.6 Å². The summed E-state index contributed by atoms with van der Waals surface area (Å²) in [7, 11) is 1.67. The topological polar surface area (TPSA) is 50.5 Å². The van der Waals surface area contributed by atoms with Crippen LogP contribution in [0.3, 0.4) is 0 Å². The molecule has 2 rings (SSSR count). The van der Waals surface area contributed by atoms with Crippen molar-refractivity contribution in [2.75, 3.05) is 13.7 Å². The van der Waals surface area contributed by atoms with Crippen molar-refractivity contribution in [2.24, 2.45) is 5.73 Å². The van der Waals surface area contributed by atoms with E-state index in [2.05, 4.69) is 5.32 Å². The largest absolute Gasteiger partial charge is 0.496 e. The molecule has 3 N–H and O–H groups in total. The average molecular weight is 324 g/mol. The van der Waals surface area contributed by atoms with Crippen molar-refractivity contribution in [3.63, 3.8) is 0 Å². The van der Waals surface area contributed by atoms with Crippen molar-refractivity contribution in [2.45, 2.75) is 11.5 Å². The van der Waals surface area contributed by atoms with Crippen molar-refractivity contribution in [3.8, 4) is 5.75 Å². The lowest BCUT2D eigenvalue weighted by Crippen LogP contribution is -2.56. The molecule has 1 heterocycles. The fraction of sp³-hybridized carbons (Fsp3) is 0.267. The highest BCUT2D eigenvalue weighted by Crippen LogP contribution is 2.25. The van der Waals surface area contributed by atoms with Crippen LogP contribution in [0.1, 0.15) is 5.56 Å². The summed E-state index contributed by atoms with van der Waals surface area (Å²) >= 11 is 11.4. The maximum atomic E-state index is 6.55. The van der Waals surface area contributed by atoms with Gasteiger partial charge in [-0.3, -0.25) is 0 Å². The van der Waals surface area contributed by atoms with Gasteiger partial charge in [-0.25, -0.2) is 0 Å². The van der Waals surface area contributed by atoms with E-state index in [0.29, 0.717) is 6.54 Å². The lowest BCUT2D eigenvalue weighted by Gasteiger charge is -2.38. The number of nitrogens with zero attached hydrogens (tertiary/aromatic N) is 1. The molecule has 0 bridgehead atoms. The van der Waals surface area contributed by atoms with E-state index < -0.39 is 5.12 Å². The summed E-state index contributed by atoms with van der Waals surface area (Å²) in [4.78, 5) is 1.94. The number of para-hydroxylation sites is 1. The van der Waals surface area contributed by atoms with Gasteiger partial charge in [0.15, 0.2) is 5.11 Å². The SMILES string of the molecule is COc1ccccc1CCN1C=CC=CC1(Cl)NC(N)=S. The molecule has 1 unspecified atom stereocenters. The van der Waals surface area contributed by atoms with E-state index in [1.165, 1.54) is 0 Å². The van der Waals surface area contributed by atoms with Gasteiger partial charge in [-0.2, -0.15) is 0 Å². The summed E-state index contributed by atoms with van der Waals surface area (Å²) in [6.07, 6.45) is 8.29. The number of halogens is 1. The predicted molar refractivity (Wildman–Crippen MR) is 90.2 cm³/mol. The van der Waals surface area contributed by atoms with E-state index in [4.69, 9.17) is 34.3 Å². The lowest BCUT2D eigenvalue weighted by molar-refractivity contribution is 0.263. The van der Waals surface area contributed by atoms with Crippen molar-refractivity contribution in [3.05, 3.63) is 54.3 Å². The molecule has 1 atom stereocenters. The summed E-state index contributed by atoms with van der Waals surface area (Å²) in [6, 6.07) is 7.93. The Morgan fingerprint density at radius 3 is 2.90 bits per heavy atom. The number of nitrogens with one attached hydrogen (secondary N) is 1. The van der Waals surface area contributed by atoms with E-state index in [9.17, 15) is 0 Å². The predicted octanol–water partition coefficient (Wildman–Crippen LogP) is 2.35. The Kier molecular flexibility index (Phi) is 5.09. The van der Waals surface area contributed by atoms with Crippen LogP contribution in [0.25, 0.3) is 0 Å². The third-order valence-corrected chi connectivity index (χ3v) is 3.76. The van der Waals surface area contributed by atoms with Gasteiger partial charge in [-0.1, -0.05) is 35.9 Å². The molecular weight excluding hydrogens is 306 g/mol. The highest BCUT2D eigenvalue weighted by atomic mass is 35.5. The zero-order valence-electron chi connectivity index (χ0n) is 11.8. The number of methoxy groups -OCH3 is 1. The van der Waals surface area contributed by atoms with Crippen LogP contribution < -0.4 is 15.8 Å². The molecule has 4 nitrogen and oxygen atoms in total. The van der Waals surface area contributed by atoms with Crippen LogP contribution in [0.15, 0.2) is 48.7 Å². The van der Waals surface area contributed by atoms with Gasteiger partial charge in [-0.15, -0.1) is 0 Å². The first kappa shape index (κ1) is 15.7. The van der Waals surface area contributed by atoms with Crippen LogP contribution >= 0.6 is 23.8 Å². The molecule has 1 aromatic carbocycles. The van der Waals surface area contributed by atoms with E-state index in [1.54, 1.807) is 7.11 Å². The van der Waals surface area contributed by atoms with Gasteiger partial charge in [0.25, 0.3) is 0 Å². The zero-order chi connectivity index (χ0) is 15.3. The fourth-order valence-electron chi connectivity index (χ4n) is 2.21. The number of alkyl halides is 1. The molecule has 1 aliphatic heterocycles. The summed E-state index contributed by atoms with van der Waals surface area (Å²) in [5.41, 5.74) is 6.68. The minimum Gasteiger partial charge on any atom is -0.496 e. The third kappa shape index (κ3) is 3.89. The highest BCUT2D eigenvalue weighted by molar-refractivity contribution is 7.80. The van der Waals surface area contributed by atoms with Crippen LogP contribution in [-0.4, -0.2) is 28.8 Å². The zero-order valence-corrected chi connectivity index (χ0v) is 13.3. The minimum atomic E-state index is -0.928. The van der Waals surface area contributed by atoms with E-state index in [-0.39, 0.29) is 5.11 Å². The number of ether oxygens (including phenoxy) is 1. The Hall–Kier alpha value is -1.72. The first-order chi connectivity index (χ1) is 10.0. The van der Waals surface area contributed by atoms with Crippen LogP contribution in [-0.2, 0) is 6.42 Å². The van der Waals surface area contributed by atoms with E-state index in [0.717, 1.165) is 17.7 Å². The van der Waals surface area contributed by atoms with Gasteiger partial charge in [0, 0.05) is 12.7 Å². The highest BCUT2D eigenvalue weighted by Gasteiger charge is 2.31. The summed E-state index contributed by atoms with van der Waals surface area (Å²) in [5, 5.41) is 2.14. The fourth-order valence-corrected chi connectivity index (χ4v) is 2.74. The molecule has 0 radical (unpaired) electrons. The second-order valence-corrected chi connectivity index (χ2v) is 5.63. The number of allylic oxidation sites excluding steroid dienone is 2. The number of nitrogens with two attached hydrogens (primary N) is 1. The van der Waals surface area contributed by atoms with Gasteiger partial charge in [0.1, 0.15) is 5.75 Å². The standard InChI is InChI=1S/C15H18ClN3OS/c1-20-13-7-3-2-6-12(13)8-11-19-10-5-4-9-15(19,16)18-14(17)21/h2-7,9-10H,8,11H2,1H3,(H3,17,18,21).